The predicted octanol–water partition coefficient (Wildman–Crippen LogP) is 3.30. The number of ether oxygens (including phenoxy) is 2. The van der Waals surface area contributed by atoms with E-state index in [0.717, 1.165) is 36.9 Å². The molecule has 22 heavy (non-hydrogen) atoms. The Hall–Kier alpha value is -1.81. The molecule has 2 heterocycles. The van der Waals surface area contributed by atoms with Crippen LogP contribution in [-0.4, -0.2) is 24.2 Å². The van der Waals surface area contributed by atoms with Gasteiger partial charge in [0, 0.05) is 10.9 Å². The van der Waals surface area contributed by atoms with Crippen LogP contribution in [-0.2, 0) is 26.3 Å². The minimum atomic E-state index is -0.515. The highest BCUT2D eigenvalue weighted by atomic mass is 16.5. The van der Waals surface area contributed by atoms with Gasteiger partial charge in [-0.05, 0) is 44.2 Å². The standard InChI is InChI=1S/C18H21NO3/c1-2-21-17(20)14-7-5-10-18(14)16-13(9-11-22-18)12-6-3-4-8-15(12)19-16/h3-4,6,8,14,19H,2,5,7,9-11H2,1H3. The zero-order chi connectivity index (χ0) is 15.2. The Balaban J connectivity index is 1.85. The maximum Gasteiger partial charge on any atom is 0.312 e. The fourth-order valence-corrected chi connectivity index (χ4v) is 4.23. The second kappa shape index (κ2) is 5.13. The summed E-state index contributed by atoms with van der Waals surface area (Å²) in [6.07, 6.45) is 3.62. The Bertz CT molecular complexity index is 720. The van der Waals surface area contributed by atoms with E-state index < -0.39 is 5.60 Å². The van der Waals surface area contributed by atoms with E-state index in [-0.39, 0.29) is 11.9 Å². The number of nitrogens with one attached hydrogen (secondary N) is 1. The average Bonchev–Trinajstić information content (AvgIpc) is 3.11. The second-order valence-corrected chi connectivity index (χ2v) is 6.21. The van der Waals surface area contributed by atoms with Gasteiger partial charge >= 0.3 is 5.97 Å². The number of H-pyrrole nitrogens is 1. The average molecular weight is 299 g/mol. The third kappa shape index (κ3) is 1.83. The molecule has 2 aliphatic rings. The number of aromatic nitrogens is 1. The van der Waals surface area contributed by atoms with Crippen LogP contribution in [0.4, 0.5) is 0 Å². The molecule has 0 bridgehead atoms. The van der Waals surface area contributed by atoms with Crippen LogP contribution in [0.1, 0.15) is 37.4 Å². The summed E-state index contributed by atoms with van der Waals surface area (Å²) >= 11 is 0. The Morgan fingerprint density at radius 3 is 3.18 bits per heavy atom. The lowest BCUT2D eigenvalue weighted by molar-refractivity contribution is -0.164. The summed E-state index contributed by atoms with van der Waals surface area (Å²) in [7, 11) is 0. The Morgan fingerprint density at radius 1 is 1.45 bits per heavy atom. The van der Waals surface area contributed by atoms with Gasteiger partial charge < -0.3 is 14.5 Å². The highest BCUT2D eigenvalue weighted by Gasteiger charge is 2.53. The summed E-state index contributed by atoms with van der Waals surface area (Å²) in [5, 5.41) is 1.26. The van der Waals surface area contributed by atoms with Crippen LogP contribution < -0.4 is 0 Å². The molecule has 116 valence electrons. The van der Waals surface area contributed by atoms with E-state index in [2.05, 4.69) is 23.2 Å². The molecule has 2 aromatic rings. The van der Waals surface area contributed by atoms with Gasteiger partial charge in [0.25, 0.3) is 0 Å². The lowest BCUT2D eigenvalue weighted by atomic mass is 9.82. The molecule has 1 aromatic carbocycles. The van der Waals surface area contributed by atoms with Gasteiger partial charge in [0.2, 0.25) is 0 Å². The molecule has 1 aromatic heterocycles. The maximum absolute atomic E-state index is 12.4. The van der Waals surface area contributed by atoms with Crippen LogP contribution in [0, 0.1) is 5.92 Å². The first-order valence-electron chi connectivity index (χ1n) is 8.17. The Labute approximate surface area is 129 Å². The van der Waals surface area contributed by atoms with Crippen LogP contribution in [0.5, 0.6) is 0 Å². The number of para-hydroxylation sites is 1. The van der Waals surface area contributed by atoms with E-state index in [0.29, 0.717) is 13.2 Å². The van der Waals surface area contributed by atoms with E-state index in [4.69, 9.17) is 9.47 Å². The zero-order valence-electron chi connectivity index (χ0n) is 12.9. The topological polar surface area (TPSA) is 51.3 Å². The van der Waals surface area contributed by atoms with Crippen LogP contribution in [0.3, 0.4) is 0 Å². The molecule has 1 N–H and O–H groups in total. The molecule has 4 rings (SSSR count). The van der Waals surface area contributed by atoms with Gasteiger partial charge in [-0.15, -0.1) is 0 Å². The van der Waals surface area contributed by atoms with Crippen molar-refractivity contribution in [2.75, 3.05) is 13.2 Å². The molecule has 1 saturated carbocycles. The molecule has 0 amide bonds. The van der Waals surface area contributed by atoms with Gasteiger partial charge in [-0.25, -0.2) is 0 Å². The van der Waals surface area contributed by atoms with Crippen molar-refractivity contribution in [3.8, 4) is 0 Å². The number of carbonyl (C=O) groups excluding carboxylic acids is 1. The quantitative estimate of drug-likeness (QED) is 0.866. The predicted molar refractivity (Wildman–Crippen MR) is 83.6 cm³/mol. The molecule has 4 heteroatoms. The molecular weight excluding hydrogens is 278 g/mol. The van der Waals surface area contributed by atoms with E-state index in [1.54, 1.807) is 0 Å². The van der Waals surface area contributed by atoms with Crippen molar-refractivity contribution in [1.29, 1.82) is 0 Å². The van der Waals surface area contributed by atoms with Crippen molar-refractivity contribution in [2.24, 2.45) is 5.92 Å². The highest BCUT2D eigenvalue weighted by molar-refractivity contribution is 5.86. The number of benzene rings is 1. The number of rotatable bonds is 2. The van der Waals surface area contributed by atoms with Gasteiger partial charge in [-0.2, -0.15) is 0 Å². The SMILES string of the molecule is CCOC(=O)C1CCCC12OCCc1c2[nH]c2ccccc12. The molecule has 1 aliphatic carbocycles. The van der Waals surface area contributed by atoms with E-state index in [9.17, 15) is 4.79 Å². The largest absolute Gasteiger partial charge is 0.466 e. The minimum Gasteiger partial charge on any atom is -0.466 e. The van der Waals surface area contributed by atoms with Crippen LogP contribution in [0.2, 0.25) is 0 Å². The second-order valence-electron chi connectivity index (χ2n) is 6.21. The molecule has 0 radical (unpaired) electrons. The van der Waals surface area contributed by atoms with Gasteiger partial charge in [-0.1, -0.05) is 18.2 Å². The highest BCUT2D eigenvalue weighted by Crippen LogP contribution is 2.51. The Kier molecular flexibility index (Phi) is 3.22. The molecule has 4 nitrogen and oxygen atoms in total. The summed E-state index contributed by atoms with van der Waals surface area (Å²) in [5.41, 5.74) is 3.04. The minimum absolute atomic E-state index is 0.119. The number of esters is 1. The molecular formula is C18H21NO3. The molecule has 0 saturated heterocycles. The van der Waals surface area contributed by atoms with Crippen LogP contribution in [0.25, 0.3) is 10.9 Å². The van der Waals surface area contributed by atoms with Crippen molar-refractivity contribution in [3.05, 3.63) is 35.5 Å². The maximum atomic E-state index is 12.4. The summed E-state index contributed by atoms with van der Waals surface area (Å²) in [4.78, 5) is 16.0. The van der Waals surface area contributed by atoms with E-state index in [1.807, 2.05) is 13.0 Å². The lowest BCUT2D eigenvalue weighted by Crippen LogP contribution is -2.42. The first kappa shape index (κ1) is 13.8. The van der Waals surface area contributed by atoms with Crippen LogP contribution >= 0.6 is 0 Å². The van der Waals surface area contributed by atoms with Crippen molar-refractivity contribution >= 4 is 16.9 Å². The smallest absolute Gasteiger partial charge is 0.312 e. The molecule has 1 aliphatic heterocycles. The summed E-state index contributed by atoms with van der Waals surface area (Å²) in [6.45, 7) is 2.95. The third-order valence-electron chi connectivity index (χ3n) is 5.12. The number of carbonyl (C=O) groups is 1. The number of aromatic amines is 1. The fourth-order valence-electron chi connectivity index (χ4n) is 4.23. The Morgan fingerprint density at radius 2 is 2.32 bits per heavy atom. The van der Waals surface area contributed by atoms with Crippen molar-refractivity contribution in [3.63, 3.8) is 0 Å². The summed E-state index contributed by atoms with van der Waals surface area (Å²) in [5.74, 6) is -0.314. The summed E-state index contributed by atoms with van der Waals surface area (Å²) in [6, 6.07) is 8.35. The van der Waals surface area contributed by atoms with Crippen molar-refractivity contribution < 1.29 is 14.3 Å². The molecule has 2 unspecified atom stereocenters. The number of hydrogen-bond acceptors (Lipinski definition) is 3. The van der Waals surface area contributed by atoms with Crippen molar-refractivity contribution in [2.45, 2.75) is 38.2 Å². The molecule has 1 fully saturated rings. The van der Waals surface area contributed by atoms with Gasteiger partial charge in [0.1, 0.15) is 5.60 Å². The van der Waals surface area contributed by atoms with Gasteiger partial charge in [0.05, 0.1) is 24.8 Å². The molecule has 1 spiro atoms. The summed E-state index contributed by atoms with van der Waals surface area (Å²) < 4.78 is 11.5. The van der Waals surface area contributed by atoms with E-state index >= 15 is 0 Å². The monoisotopic (exact) mass is 299 g/mol. The van der Waals surface area contributed by atoms with Gasteiger partial charge in [0.15, 0.2) is 0 Å². The first-order chi connectivity index (χ1) is 10.8. The third-order valence-corrected chi connectivity index (χ3v) is 5.12. The van der Waals surface area contributed by atoms with Crippen LogP contribution in [0.15, 0.2) is 24.3 Å². The zero-order valence-corrected chi connectivity index (χ0v) is 12.9. The fraction of sp³-hybridized carbons (Fsp3) is 0.500. The molecule has 2 atom stereocenters. The normalized spacial score (nSPS) is 27.2. The van der Waals surface area contributed by atoms with Crippen molar-refractivity contribution in [1.82, 2.24) is 4.98 Å². The number of hydrogen-bond donors (Lipinski definition) is 1. The number of fused-ring (bicyclic) bond motifs is 4. The first-order valence-corrected chi connectivity index (χ1v) is 8.17. The van der Waals surface area contributed by atoms with Gasteiger partial charge in [-0.3, -0.25) is 4.79 Å². The van der Waals surface area contributed by atoms with E-state index in [1.165, 1.54) is 10.9 Å². The lowest BCUT2D eigenvalue weighted by Gasteiger charge is -2.37.